The number of aliphatic carboxylic acids is 1. The lowest BCUT2D eigenvalue weighted by atomic mass is 9.95. The molecule has 200 valence electrons. The number of likely N-dealkylation sites (tertiary alicyclic amines) is 1. The lowest BCUT2D eigenvalue weighted by Crippen LogP contribution is -3.19. The number of nitrogens with zero attached hydrogens (tertiary/aromatic N) is 2. The van der Waals surface area contributed by atoms with Crippen LogP contribution in [0.3, 0.4) is 0 Å². The highest BCUT2D eigenvalue weighted by Crippen LogP contribution is 2.36. The molecule has 10 nitrogen and oxygen atoms in total. The van der Waals surface area contributed by atoms with Crippen LogP contribution in [0.25, 0.3) is 21.1 Å². The number of aromatic nitrogens is 2. The third-order valence-electron chi connectivity index (χ3n) is 5.68. The van der Waals surface area contributed by atoms with Gasteiger partial charge in [0.15, 0.2) is 5.92 Å². The first-order valence-electron chi connectivity index (χ1n) is 11.5. The SMILES string of the molecule is CCc1c(C[NH+]2CC(C(=O)O)C2)cccc1-c1nnc(-c2ccc(OC(C)C)c(Cl)c2)s1.O=S(=O)([O-])O. The number of carboxylic acids is 1. The molecule has 4 rings (SSSR count). The van der Waals surface area contributed by atoms with Crippen molar-refractivity contribution in [1.29, 1.82) is 0 Å². The van der Waals surface area contributed by atoms with Crippen LogP contribution in [-0.2, 0) is 28.2 Å². The summed E-state index contributed by atoms with van der Waals surface area (Å²) in [4.78, 5) is 12.4. The van der Waals surface area contributed by atoms with Crippen LogP contribution in [0.4, 0.5) is 0 Å². The van der Waals surface area contributed by atoms with Gasteiger partial charge in [0.1, 0.15) is 22.3 Å². The van der Waals surface area contributed by atoms with Crippen molar-refractivity contribution in [2.75, 3.05) is 13.1 Å². The molecule has 0 radical (unpaired) electrons. The summed E-state index contributed by atoms with van der Waals surface area (Å²) in [5, 5.41) is 20.3. The predicted octanol–water partition coefficient (Wildman–Crippen LogP) is 2.98. The highest BCUT2D eigenvalue weighted by Gasteiger charge is 2.37. The van der Waals surface area contributed by atoms with Crippen molar-refractivity contribution in [3.05, 3.63) is 52.5 Å². The van der Waals surface area contributed by atoms with Gasteiger partial charge in [0.05, 0.1) is 24.2 Å². The lowest BCUT2D eigenvalue weighted by molar-refractivity contribution is -0.959. The number of carbonyl (C=O) groups is 1. The van der Waals surface area contributed by atoms with Crippen molar-refractivity contribution in [1.82, 2.24) is 10.2 Å². The summed E-state index contributed by atoms with van der Waals surface area (Å²) >= 11 is 7.95. The molecule has 0 aliphatic carbocycles. The Kier molecular flexibility index (Phi) is 9.62. The van der Waals surface area contributed by atoms with Crippen LogP contribution in [0, 0.1) is 5.92 Å². The third kappa shape index (κ3) is 8.19. The molecule has 37 heavy (non-hydrogen) atoms. The average Bonchev–Trinajstić information content (AvgIpc) is 3.25. The second-order valence-corrected chi connectivity index (χ2v) is 11.1. The zero-order valence-corrected chi connectivity index (χ0v) is 22.9. The summed E-state index contributed by atoms with van der Waals surface area (Å²) in [6.07, 6.45) is 0.933. The van der Waals surface area contributed by atoms with Crippen LogP contribution in [0.5, 0.6) is 5.75 Å². The Hall–Kier alpha value is -2.61. The Morgan fingerprint density at radius 3 is 2.46 bits per heavy atom. The van der Waals surface area contributed by atoms with Gasteiger partial charge in [0.2, 0.25) is 10.4 Å². The van der Waals surface area contributed by atoms with E-state index >= 15 is 0 Å². The minimum absolute atomic E-state index is 0.0549. The summed E-state index contributed by atoms with van der Waals surface area (Å²) in [5.41, 5.74) is 4.50. The van der Waals surface area contributed by atoms with Crippen LogP contribution in [-0.4, -0.2) is 58.0 Å². The number of rotatable bonds is 8. The molecule has 0 bridgehead atoms. The van der Waals surface area contributed by atoms with Gasteiger partial charge in [0.25, 0.3) is 0 Å². The van der Waals surface area contributed by atoms with Gasteiger partial charge < -0.3 is 19.3 Å². The van der Waals surface area contributed by atoms with Gasteiger partial charge in [0, 0.05) is 16.7 Å². The van der Waals surface area contributed by atoms with Crippen LogP contribution in [0.2, 0.25) is 5.02 Å². The Bertz CT molecular complexity index is 1350. The van der Waals surface area contributed by atoms with E-state index in [0.717, 1.165) is 34.1 Å². The number of hydrogen-bond acceptors (Lipinski definition) is 8. The molecule has 3 N–H and O–H groups in total. The van der Waals surface area contributed by atoms with E-state index in [1.54, 1.807) is 11.3 Å². The first-order chi connectivity index (χ1) is 17.4. The molecular weight excluding hydrogens is 542 g/mol. The summed E-state index contributed by atoms with van der Waals surface area (Å²) in [6.45, 7) is 8.28. The molecule has 1 fully saturated rings. The molecule has 1 saturated heterocycles. The Morgan fingerprint density at radius 1 is 1.24 bits per heavy atom. The molecular formula is C24H28ClN3O7S2. The first-order valence-corrected chi connectivity index (χ1v) is 14.1. The minimum Gasteiger partial charge on any atom is -0.726 e. The van der Waals surface area contributed by atoms with E-state index in [2.05, 4.69) is 29.3 Å². The van der Waals surface area contributed by atoms with Gasteiger partial charge in [-0.2, -0.15) is 0 Å². The molecule has 1 aromatic heterocycles. The second kappa shape index (κ2) is 12.3. The zero-order chi connectivity index (χ0) is 27.3. The molecule has 0 saturated carbocycles. The van der Waals surface area contributed by atoms with E-state index in [4.69, 9.17) is 39.0 Å². The monoisotopic (exact) mass is 569 g/mol. The van der Waals surface area contributed by atoms with Crippen molar-refractivity contribution < 1.29 is 37.1 Å². The van der Waals surface area contributed by atoms with E-state index in [9.17, 15) is 4.79 Å². The molecule has 1 aliphatic heterocycles. The van der Waals surface area contributed by atoms with Crippen LogP contribution < -0.4 is 9.64 Å². The number of hydrogen-bond donors (Lipinski definition) is 3. The van der Waals surface area contributed by atoms with Crippen molar-refractivity contribution in [3.63, 3.8) is 0 Å². The fourth-order valence-electron chi connectivity index (χ4n) is 4.08. The van der Waals surface area contributed by atoms with Crippen LogP contribution in [0.15, 0.2) is 36.4 Å². The maximum absolute atomic E-state index is 11.1. The first kappa shape index (κ1) is 29.0. The fourth-order valence-corrected chi connectivity index (χ4v) is 5.19. The van der Waals surface area contributed by atoms with Gasteiger partial charge >= 0.3 is 5.97 Å². The average molecular weight is 570 g/mol. The molecule has 3 aromatic rings. The smallest absolute Gasteiger partial charge is 0.318 e. The molecule has 0 spiro atoms. The molecule has 0 amide bonds. The van der Waals surface area contributed by atoms with Crippen LogP contribution >= 0.6 is 22.9 Å². The van der Waals surface area contributed by atoms with Gasteiger partial charge in [-0.15, -0.1) is 10.2 Å². The lowest BCUT2D eigenvalue weighted by Gasteiger charge is -2.33. The predicted molar refractivity (Wildman–Crippen MR) is 139 cm³/mol. The normalized spacial score (nSPS) is 17.1. The van der Waals surface area contributed by atoms with Crippen molar-refractivity contribution in [3.8, 4) is 26.9 Å². The maximum Gasteiger partial charge on any atom is 0.318 e. The summed E-state index contributed by atoms with van der Waals surface area (Å²) in [7, 11) is -4.92. The number of nitrogens with one attached hydrogen (secondary N) is 1. The van der Waals surface area contributed by atoms with Gasteiger partial charge in [-0.3, -0.25) is 9.35 Å². The van der Waals surface area contributed by atoms with Gasteiger partial charge in [-0.25, -0.2) is 8.42 Å². The number of benzene rings is 2. The van der Waals surface area contributed by atoms with Gasteiger partial charge in [-0.1, -0.05) is 48.1 Å². The standard InChI is InChI=1S/C24H26ClN3O3S.H2O4S/c1-4-18-16(11-28-12-17(13-28)24(29)30)6-5-7-19(18)23-27-26-22(32-23)15-8-9-21(20(25)10-15)31-14(2)3;1-5(2,3)4/h5-10,14,17H,4,11-13H2,1-3H3,(H,29,30);(H2,1,2,3,4). The topological polar surface area (TPSA) is 154 Å². The molecule has 13 heteroatoms. The van der Waals surface area contributed by atoms with E-state index in [1.807, 2.05) is 38.1 Å². The summed E-state index contributed by atoms with van der Waals surface area (Å²) in [6, 6.07) is 12.0. The third-order valence-corrected chi connectivity index (χ3v) is 6.98. The fraction of sp³-hybridized carbons (Fsp3) is 0.375. The van der Waals surface area contributed by atoms with E-state index < -0.39 is 16.4 Å². The van der Waals surface area contributed by atoms with E-state index in [1.165, 1.54) is 16.0 Å². The number of ether oxygens (including phenoxy) is 1. The highest BCUT2D eigenvalue weighted by molar-refractivity contribution is 7.79. The Labute approximate surface area is 224 Å². The number of halogens is 1. The molecule has 0 unspecified atom stereocenters. The minimum atomic E-state index is -4.92. The molecule has 2 heterocycles. The molecule has 1 aliphatic rings. The number of carboxylic acid groups (broad SMARTS) is 1. The highest BCUT2D eigenvalue weighted by atomic mass is 35.5. The van der Waals surface area contributed by atoms with E-state index in [-0.39, 0.29) is 12.0 Å². The van der Waals surface area contributed by atoms with Crippen molar-refractivity contribution in [2.24, 2.45) is 5.92 Å². The Morgan fingerprint density at radius 2 is 1.89 bits per heavy atom. The quantitative estimate of drug-likeness (QED) is 0.274. The summed E-state index contributed by atoms with van der Waals surface area (Å²) in [5.74, 6) is -0.244. The maximum atomic E-state index is 11.1. The largest absolute Gasteiger partial charge is 0.726 e. The van der Waals surface area contributed by atoms with Crippen molar-refractivity contribution >= 4 is 39.3 Å². The zero-order valence-electron chi connectivity index (χ0n) is 20.5. The Balaban J connectivity index is 0.000000695. The molecule has 0 atom stereocenters. The summed E-state index contributed by atoms with van der Waals surface area (Å²) < 4.78 is 38.6. The van der Waals surface area contributed by atoms with Crippen molar-refractivity contribution in [2.45, 2.75) is 39.8 Å². The second-order valence-electron chi connectivity index (χ2n) is 8.82. The van der Waals surface area contributed by atoms with Gasteiger partial charge in [-0.05, 0) is 44.0 Å². The van der Waals surface area contributed by atoms with Crippen LogP contribution in [0.1, 0.15) is 31.9 Å². The number of quaternary nitrogens is 1. The molecule has 2 aromatic carbocycles. The van der Waals surface area contributed by atoms with E-state index in [0.29, 0.717) is 23.9 Å².